The smallest absolute Gasteiger partial charge is 0.274 e. The fourth-order valence-corrected chi connectivity index (χ4v) is 4.44. The molecule has 4 N–H and O–H groups in total. The average molecular weight is 457 g/mol. The van der Waals surface area contributed by atoms with E-state index < -0.39 is 0 Å². The Bertz CT molecular complexity index is 1330. The van der Waals surface area contributed by atoms with Crippen LogP contribution in [0.25, 0.3) is 10.8 Å². The molecule has 1 aromatic heterocycles. The molecule has 0 radical (unpaired) electrons. The van der Waals surface area contributed by atoms with Gasteiger partial charge in [-0.05, 0) is 84.9 Å². The van der Waals surface area contributed by atoms with Gasteiger partial charge in [0, 0.05) is 24.7 Å². The number of rotatable bonds is 10. The molecule has 0 saturated heterocycles. The number of aromatic hydroxyl groups is 1. The van der Waals surface area contributed by atoms with Crippen LogP contribution in [0.3, 0.4) is 0 Å². The summed E-state index contributed by atoms with van der Waals surface area (Å²) < 4.78 is 0. The first-order valence-electron chi connectivity index (χ1n) is 11.8. The Kier molecular flexibility index (Phi) is 7.60. The number of H-pyrrole nitrogens is 1. The number of phenols is 1. The van der Waals surface area contributed by atoms with Crippen LogP contribution in [0.15, 0.2) is 65.5 Å². The first kappa shape index (κ1) is 23.5. The van der Waals surface area contributed by atoms with Crippen LogP contribution in [0.2, 0.25) is 0 Å². The third kappa shape index (κ3) is 6.02. The van der Waals surface area contributed by atoms with Crippen LogP contribution < -0.4 is 16.2 Å². The Morgan fingerprint density at radius 2 is 1.79 bits per heavy atom. The normalized spacial score (nSPS) is 11.1. The van der Waals surface area contributed by atoms with Crippen LogP contribution in [-0.4, -0.2) is 35.2 Å². The third-order valence-electron chi connectivity index (χ3n) is 6.10. The Balaban J connectivity index is 1.39. The summed E-state index contributed by atoms with van der Waals surface area (Å²) in [6.07, 6.45) is 3.29. The van der Waals surface area contributed by atoms with Crippen LogP contribution in [-0.2, 0) is 19.3 Å². The number of aryl methyl sites for hydroxylation is 1. The molecular formula is C28H32N4O2. The van der Waals surface area contributed by atoms with E-state index in [4.69, 9.17) is 0 Å². The molecule has 4 rings (SSSR count). The van der Waals surface area contributed by atoms with Crippen molar-refractivity contribution in [3.8, 4) is 5.75 Å². The number of nitrogens with one attached hydrogen (secondary N) is 3. The predicted octanol–water partition coefficient (Wildman–Crippen LogP) is 4.33. The maximum absolute atomic E-state index is 12.2. The Hall–Kier alpha value is -3.64. The maximum Gasteiger partial charge on any atom is 0.274 e. The monoisotopic (exact) mass is 456 g/mol. The topological polar surface area (TPSA) is 90.0 Å². The van der Waals surface area contributed by atoms with Gasteiger partial charge >= 0.3 is 0 Å². The number of phenolic OH excluding ortho intramolecular Hbond substituents is 1. The second kappa shape index (κ2) is 11.0. The van der Waals surface area contributed by atoms with Gasteiger partial charge in [0.15, 0.2) is 0 Å². The molecule has 0 fully saturated rings. The number of aromatic nitrogens is 2. The van der Waals surface area contributed by atoms with Crippen molar-refractivity contribution in [2.75, 3.05) is 25.5 Å². The highest BCUT2D eigenvalue weighted by Crippen LogP contribution is 2.23. The lowest BCUT2D eigenvalue weighted by atomic mass is 9.95. The van der Waals surface area contributed by atoms with Gasteiger partial charge in [0.05, 0.1) is 0 Å². The number of fused-ring (bicyclic) bond motifs is 1. The highest BCUT2D eigenvalue weighted by atomic mass is 16.3. The molecule has 0 bridgehead atoms. The van der Waals surface area contributed by atoms with E-state index in [9.17, 15) is 9.90 Å². The van der Waals surface area contributed by atoms with Gasteiger partial charge < -0.3 is 20.7 Å². The Labute approximate surface area is 200 Å². The van der Waals surface area contributed by atoms with Gasteiger partial charge in [-0.2, -0.15) is 4.98 Å². The number of anilines is 1. The minimum absolute atomic E-state index is 0.249. The fourth-order valence-electron chi connectivity index (χ4n) is 4.44. The molecular weight excluding hydrogens is 424 g/mol. The highest BCUT2D eigenvalue weighted by molar-refractivity contribution is 5.83. The Morgan fingerprint density at radius 3 is 2.62 bits per heavy atom. The highest BCUT2D eigenvalue weighted by Gasteiger charge is 2.09. The summed E-state index contributed by atoms with van der Waals surface area (Å²) in [5.41, 5.74) is 5.29. The molecule has 0 aliphatic rings. The molecule has 0 spiro atoms. The second-order valence-corrected chi connectivity index (χ2v) is 8.74. The molecule has 6 heteroatoms. The van der Waals surface area contributed by atoms with Crippen molar-refractivity contribution < 1.29 is 5.11 Å². The lowest BCUT2D eigenvalue weighted by Gasteiger charge is -2.14. The van der Waals surface area contributed by atoms with Gasteiger partial charge in [-0.3, -0.25) is 4.79 Å². The molecule has 0 saturated carbocycles. The third-order valence-corrected chi connectivity index (χ3v) is 6.10. The number of benzene rings is 3. The van der Waals surface area contributed by atoms with Gasteiger partial charge in [-0.25, -0.2) is 0 Å². The summed E-state index contributed by atoms with van der Waals surface area (Å²) in [5.74, 6) is 0.816. The SMILES string of the molecule is CNCCc1cc(O)cc(C)c1CCCNc1nc(=O)cc(Cc2ccc3ccccc3c2)[nH]1. The Morgan fingerprint density at radius 1 is 0.971 bits per heavy atom. The standard InChI is InChI=1S/C28H32N4O2/c1-19-14-25(33)17-23(11-13-29-2)26(19)8-5-12-30-28-31-24(18-27(34)32-28)16-20-9-10-21-6-3-4-7-22(21)15-20/h3-4,6-7,9-10,14-15,17-18,29,33H,5,8,11-13,16H2,1-2H3,(H2,30,31,32,34). The predicted molar refractivity (Wildman–Crippen MR) is 139 cm³/mol. The molecule has 0 aliphatic carbocycles. The van der Waals surface area contributed by atoms with Crippen molar-refractivity contribution in [1.29, 1.82) is 0 Å². The van der Waals surface area contributed by atoms with E-state index >= 15 is 0 Å². The van der Waals surface area contributed by atoms with E-state index in [-0.39, 0.29) is 5.56 Å². The summed E-state index contributed by atoms with van der Waals surface area (Å²) in [5, 5.41) is 18.8. The zero-order valence-corrected chi connectivity index (χ0v) is 19.8. The van der Waals surface area contributed by atoms with Crippen LogP contribution in [0.5, 0.6) is 5.75 Å². The molecule has 6 nitrogen and oxygen atoms in total. The van der Waals surface area contributed by atoms with Crippen LogP contribution in [0, 0.1) is 6.92 Å². The summed E-state index contributed by atoms with van der Waals surface area (Å²) in [7, 11) is 1.93. The largest absolute Gasteiger partial charge is 0.508 e. The van der Waals surface area contributed by atoms with Crippen LogP contribution in [0.1, 0.15) is 34.4 Å². The summed E-state index contributed by atoms with van der Waals surface area (Å²) in [4.78, 5) is 19.6. The van der Waals surface area contributed by atoms with Gasteiger partial charge in [0.25, 0.3) is 5.56 Å². The molecule has 176 valence electrons. The number of likely N-dealkylation sites (N-methyl/N-ethyl adjacent to an activating group) is 1. The van der Waals surface area contributed by atoms with E-state index in [0.717, 1.165) is 42.6 Å². The second-order valence-electron chi connectivity index (χ2n) is 8.74. The summed E-state index contributed by atoms with van der Waals surface area (Å²) in [6, 6.07) is 19.9. The molecule has 0 amide bonds. The molecule has 1 heterocycles. The van der Waals surface area contributed by atoms with E-state index in [0.29, 0.717) is 24.7 Å². The average Bonchev–Trinajstić information content (AvgIpc) is 2.81. The van der Waals surface area contributed by atoms with Crippen molar-refractivity contribution >= 4 is 16.7 Å². The lowest BCUT2D eigenvalue weighted by molar-refractivity contribution is 0.473. The molecule has 3 aromatic carbocycles. The minimum atomic E-state index is -0.249. The zero-order chi connectivity index (χ0) is 23.9. The van der Waals surface area contributed by atoms with Crippen molar-refractivity contribution in [3.05, 3.63) is 99.0 Å². The molecule has 34 heavy (non-hydrogen) atoms. The molecule has 0 atom stereocenters. The van der Waals surface area contributed by atoms with E-state index in [1.165, 1.54) is 21.9 Å². The quantitative estimate of drug-likeness (QED) is 0.267. The van der Waals surface area contributed by atoms with Gasteiger partial charge in [-0.15, -0.1) is 0 Å². The molecule has 4 aromatic rings. The number of hydrogen-bond donors (Lipinski definition) is 4. The minimum Gasteiger partial charge on any atom is -0.508 e. The van der Waals surface area contributed by atoms with Crippen molar-refractivity contribution in [2.45, 2.75) is 32.6 Å². The van der Waals surface area contributed by atoms with Gasteiger partial charge in [-0.1, -0.05) is 42.5 Å². The molecule has 0 unspecified atom stereocenters. The first-order valence-corrected chi connectivity index (χ1v) is 11.8. The van der Waals surface area contributed by atoms with E-state index in [2.05, 4.69) is 50.9 Å². The summed E-state index contributed by atoms with van der Waals surface area (Å²) >= 11 is 0. The van der Waals surface area contributed by atoms with Crippen molar-refractivity contribution in [2.24, 2.45) is 0 Å². The zero-order valence-electron chi connectivity index (χ0n) is 19.8. The maximum atomic E-state index is 12.2. The van der Waals surface area contributed by atoms with E-state index in [1.54, 1.807) is 6.07 Å². The number of hydrogen-bond acceptors (Lipinski definition) is 5. The number of nitrogens with zero attached hydrogens (tertiary/aromatic N) is 1. The fraction of sp³-hybridized carbons (Fsp3) is 0.286. The van der Waals surface area contributed by atoms with Gasteiger partial charge in [0.2, 0.25) is 5.95 Å². The van der Waals surface area contributed by atoms with Crippen LogP contribution in [0.4, 0.5) is 5.95 Å². The van der Waals surface area contributed by atoms with E-state index in [1.807, 2.05) is 38.2 Å². The van der Waals surface area contributed by atoms with Crippen LogP contribution >= 0.6 is 0 Å². The van der Waals surface area contributed by atoms with Gasteiger partial charge in [0.1, 0.15) is 5.75 Å². The van der Waals surface area contributed by atoms with Crippen molar-refractivity contribution in [3.63, 3.8) is 0 Å². The first-order chi connectivity index (χ1) is 16.5. The number of aromatic amines is 1. The molecule has 0 aliphatic heterocycles. The van der Waals surface area contributed by atoms with Crippen molar-refractivity contribution in [1.82, 2.24) is 15.3 Å². The summed E-state index contributed by atoms with van der Waals surface area (Å²) in [6.45, 7) is 3.60. The lowest BCUT2D eigenvalue weighted by Crippen LogP contribution is -2.16.